The minimum atomic E-state index is -0.0130. The van der Waals surface area contributed by atoms with Gasteiger partial charge in [0.2, 0.25) is 0 Å². The van der Waals surface area contributed by atoms with Crippen LogP contribution in [0.25, 0.3) is 34.1 Å². The van der Waals surface area contributed by atoms with E-state index in [0.29, 0.717) is 0 Å². The normalized spacial score (nSPS) is 15.0. The lowest BCUT2D eigenvalue weighted by molar-refractivity contribution is 0.550. The lowest BCUT2D eigenvalue weighted by Crippen LogP contribution is -2.25. The summed E-state index contributed by atoms with van der Waals surface area (Å²) < 4.78 is 0. The molecule has 10 aromatic rings. The lowest BCUT2D eigenvalue weighted by atomic mass is 9.76. The van der Waals surface area contributed by atoms with E-state index in [1.807, 2.05) is 0 Å². The van der Waals surface area contributed by atoms with Crippen LogP contribution in [0.1, 0.15) is 47.9 Å². The molecular formula is C65H48N4. The van der Waals surface area contributed by atoms with E-state index >= 15 is 0 Å². The second-order valence-electron chi connectivity index (χ2n) is 18.8. The second-order valence-corrected chi connectivity index (χ2v) is 18.8. The molecule has 0 saturated heterocycles. The highest BCUT2D eigenvalue weighted by molar-refractivity contribution is 6.09. The molecule has 1 spiro atoms. The Morgan fingerprint density at radius 1 is 0.304 bits per heavy atom. The predicted octanol–water partition coefficient (Wildman–Crippen LogP) is 18.4. The Morgan fingerprint density at radius 2 is 0.725 bits per heavy atom. The molecule has 0 atom stereocenters. The summed E-state index contributed by atoms with van der Waals surface area (Å²) in [6.07, 6.45) is 9.46. The van der Waals surface area contributed by atoms with Gasteiger partial charge in [0, 0.05) is 27.9 Å². The summed E-state index contributed by atoms with van der Waals surface area (Å²) in [7, 11) is 0. The van der Waals surface area contributed by atoms with Gasteiger partial charge < -0.3 is 19.6 Å². The molecule has 1 saturated carbocycles. The highest BCUT2D eigenvalue weighted by Crippen LogP contribution is 2.60. The molecule has 0 amide bonds. The van der Waals surface area contributed by atoms with Crippen molar-refractivity contribution in [2.45, 2.75) is 31.1 Å². The lowest BCUT2D eigenvalue weighted by Gasteiger charge is -2.40. The van der Waals surface area contributed by atoms with Gasteiger partial charge >= 0.3 is 0 Å². The van der Waals surface area contributed by atoms with E-state index in [4.69, 9.17) is 0 Å². The molecule has 2 aliphatic carbocycles. The SMILES string of the molecule is C(=Cc1cccc2c(N3c4ccccc4N(c4ccccc4)c4ccccc43)cccc12)c1ccc2c(c1)C1(CCCC1)c1cc(N3c4ccccc4N(c4ccccc4)c4ccccc43)ccc1-2. The molecule has 328 valence electrons. The summed E-state index contributed by atoms with van der Waals surface area (Å²) in [6.45, 7) is 0. The predicted molar refractivity (Wildman–Crippen MR) is 290 cm³/mol. The fraction of sp³-hybridized carbons (Fsp3) is 0.0769. The van der Waals surface area contributed by atoms with Crippen LogP contribution < -0.4 is 19.6 Å². The van der Waals surface area contributed by atoms with Crippen molar-refractivity contribution < 1.29 is 0 Å². The first-order valence-electron chi connectivity index (χ1n) is 24.4. The maximum Gasteiger partial charge on any atom is 0.0703 e. The molecule has 69 heavy (non-hydrogen) atoms. The Morgan fingerprint density at radius 3 is 1.26 bits per heavy atom. The molecule has 2 heterocycles. The fourth-order valence-electron chi connectivity index (χ4n) is 12.2. The van der Waals surface area contributed by atoms with Crippen LogP contribution in [0.15, 0.2) is 231 Å². The quantitative estimate of drug-likeness (QED) is 0.154. The maximum absolute atomic E-state index is 2.54. The highest BCUT2D eigenvalue weighted by atomic mass is 15.3. The Labute approximate surface area is 403 Å². The zero-order valence-electron chi connectivity index (χ0n) is 38.2. The summed E-state index contributed by atoms with van der Waals surface area (Å²) in [5.41, 5.74) is 22.2. The van der Waals surface area contributed by atoms with Crippen molar-refractivity contribution in [1.29, 1.82) is 0 Å². The van der Waals surface area contributed by atoms with Crippen molar-refractivity contribution in [2.24, 2.45) is 0 Å². The Kier molecular flexibility index (Phi) is 9.03. The summed E-state index contributed by atoms with van der Waals surface area (Å²) >= 11 is 0. The summed E-state index contributed by atoms with van der Waals surface area (Å²) in [5, 5.41) is 2.45. The third kappa shape index (κ3) is 6.08. The minimum absolute atomic E-state index is 0.0130. The number of para-hydroxylation sites is 10. The van der Waals surface area contributed by atoms with Gasteiger partial charge in [-0.05, 0) is 143 Å². The number of fused-ring (bicyclic) bond motifs is 10. The average molecular weight is 885 g/mol. The van der Waals surface area contributed by atoms with Gasteiger partial charge in [-0.1, -0.05) is 165 Å². The number of nitrogens with zero attached hydrogens (tertiary/aromatic N) is 4. The summed E-state index contributed by atoms with van der Waals surface area (Å²) in [6, 6.07) is 84.8. The van der Waals surface area contributed by atoms with Crippen LogP contribution in [0.3, 0.4) is 0 Å². The monoisotopic (exact) mass is 884 g/mol. The van der Waals surface area contributed by atoms with E-state index < -0.39 is 0 Å². The van der Waals surface area contributed by atoms with Crippen molar-refractivity contribution in [1.82, 2.24) is 0 Å². The number of hydrogen-bond acceptors (Lipinski definition) is 4. The Hall–Kier alpha value is -8.60. The molecule has 0 radical (unpaired) electrons. The van der Waals surface area contributed by atoms with Gasteiger partial charge in [0.05, 0.1) is 51.2 Å². The van der Waals surface area contributed by atoms with Crippen molar-refractivity contribution in [3.05, 3.63) is 253 Å². The van der Waals surface area contributed by atoms with E-state index in [-0.39, 0.29) is 5.41 Å². The van der Waals surface area contributed by atoms with Gasteiger partial charge in [-0.15, -0.1) is 0 Å². The Balaban J connectivity index is 0.827. The van der Waals surface area contributed by atoms with Gasteiger partial charge in [0.25, 0.3) is 0 Å². The zero-order chi connectivity index (χ0) is 45.5. The minimum Gasteiger partial charge on any atom is -0.306 e. The molecule has 0 bridgehead atoms. The number of hydrogen-bond donors (Lipinski definition) is 0. The molecule has 0 unspecified atom stereocenters. The molecule has 2 aliphatic heterocycles. The van der Waals surface area contributed by atoms with E-state index in [1.165, 1.54) is 91.1 Å². The molecule has 4 nitrogen and oxygen atoms in total. The van der Waals surface area contributed by atoms with Crippen molar-refractivity contribution >= 4 is 91.2 Å². The fourth-order valence-corrected chi connectivity index (χ4v) is 12.2. The van der Waals surface area contributed by atoms with E-state index in [1.54, 1.807) is 0 Å². The van der Waals surface area contributed by atoms with Crippen LogP contribution in [-0.2, 0) is 5.41 Å². The van der Waals surface area contributed by atoms with Gasteiger partial charge in [-0.2, -0.15) is 0 Å². The van der Waals surface area contributed by atoms with Gasteiger partial charge in [-0.3, -0.25) is 0 Å². The third-order valence-corrected chi connectivity index (χ3v) is 15.2. The molecule has 1 fully saturated rings. The van der Waals surface area contributed by atoms with Gasteiger partial charge in [0.15, 0.2) is 0 Å². The van der Waals surface area contributed by atoms with E-state index in [2.05, 4.69) is 262 Å². The second kappa shape index (κ2) is 15.8. The summed E-state index contributed by atoms with van der Waals surface area (Å²) in [4.78, 5) is 9.73. The topological polar surface area (TPSA) is 13.0 Å². The van der Waals surface area contributed by atoms with Crippen LogP contribution >= 0.6 is 0 Å². The zero-order valence-corrected chi connectivity index (χ0v) is 38.2. The van der Waals surface area contributed by atoms with Crippen LogP contribution in [-0.4, -0.2) is 0 Å². The average Bonchev–Trinajstić information content (AvgIpc) is 4.02. The number of anilines is 12. The molecule has 0 N–H and O–H groups in total. The molecule has 4 aliphatic rings. The van der Waals surface area contributed by atoms with E-state index in [9.17, 15) is 0 Å². The van der Waals surface area contributed by atoms with Crippen LogP contribution in [0.4, 0.5) is 68.2 Å². The first-order chi connectivity index (χ1) is 34.2. The van der Waals surface area contributed by atoms with Crippen LogP contribution in [0.2, 0.25) is 0 Å². The first-order valence-corrected chi connectivity index (χ1v) is 24.4. The largest absolute Gasteiger partial charge is 0.306 e. The maximum atomic E-state index is 2.54. The van der Waals surface area contributed by atoms with Gasteiger partial charge in [-0.25, -0.2) is 0 Å². The van der Waals surface area contributed by atoms with Crippen LogP contribution in [0, 0.1) is 0 Å². The third-order valence-electron chi connectivity index (χ3n) is 15.2. The molecule has 10 aromatic carbocycles. The first kappa shape index (κ1) is 39.6. The van der Waals surface area contributed by atoms with Gasteiger partial charge in [0.1, 0.15) is 0 Å². The summed E-state index contributed by atoms with van der Waals surface area (Å²) in [5.74, 6) is 0. The standard InChI is InChI=1S/C65H48N4/c1-3-20-47(21-4-1)66-57-26-7-9-28-59(57)68(60-29-10-8-27-58(60)66)49-38-40-52-51-39-36-45(43-54(51)65(55(52)44-49)41-15-16-42-65)35-37-46-19-17-25-53-50(46)24-18-34-56(53)69-63-32-13-11-30-61(63)67(48-22-5-2-6-23-48)62-31-12-14-33-64(62)69/h1-14,17-40,43-44H,15-16,41-42H2. The molecule has 4 heteroatoms. The van der Waals surface area contributed by atoms with Crippen molar-refractivity contribution in [3.8, 4) is 11.1 Å². The van der Waals surface area contributed by atoms with E-state index in [0.717, 1.165) is 47.0 Å². The number of rotatable bonds is 6. The number of benzene rings is 10. The van der Waals surface area contributed by atoms with Crippen molar-refractivity contribution in [3.63, 3.8) is 0 Å². The molecule has 0 aromatic heterocycles. The van der Waals surface area contributed by atoms with Crippen molar-refractivity contribution in [2.75, 3.05) is 19.6 Å². The Bertz CT molecular complexity index is 3570. The van der Waals surface area contributed by atoms with Crippen LogP contribution in [0.5, 0.6) is 0 Å². The smallest absolute Gasteiger partial charge is 0.0703 e. The molecular weight excluding hydrogens is 837 g/mol. The highest BCUT2D eigenvalue weighted by Gasteiger charge is 2.46. The molecule has 14 rings (SSSR count).